The molecular weight excluding hydrogens is 358 g/mol. The van der Waals surface area contributed by atoms with E-state index < -0.39 is 0 Å². The van der Waals surface area contributed by atoms with Crippen molar-refractivity contribution in [3.05, 3.63) is 57.9 Å². The quantitative estimate of drug-likeness (QED) is 0.620. The largest absolute Gasteiger partial charge is 0.497 e. The first kappa shape index (κ1) is 18.2. The molecule has 0 bridgehead atoms. The van der Waals surface area contributed by atoms with Crippen LogP contribution in [0.5, 0.6) is 17.2 Å². The Kier molecular flexibility index (Phi) is 4.86. The molecule has 28 heavy (non-hydrogen) atoms. The Labute approximate surface area is 163 Å². The molecule has 0 saturated heterocycles. The molecule has 0 aliphatic carbocycles. The van der Waals surface area contributed by atoms with Crippen molar-refractivity contribution in [2.75, 3.05) is 25.9 Å². The number of hydrogen-bond acceptors (Lipinski definition) is 6. The van der Waals surface area contributed by atoms with Gasteiger partial charge in [-0.1, -0.05) is 13.3 Å². The van der Waals surface area contributed by atoms with Gasteiger partial charge in [0, 0.05) is 35.3 Å². The van der Waals surface area contributed by atoms with Crippen molar-refractivity contribution in [2.45, 2.75) is 26.3 Å². The van der Waals surface area contributed by atoms with Gasteiger partial charge >= 0.3 is 5.63 Å². The summed E-state index contributed by atoms with van der Waals surface area (Å²) in [7, 11) is 3.25. The van der Waals surface area contributed by atoms with E-state index in [-0.39, 0.29) is 5.63 Å². The van der Waals surface area contributed by atoms with Crippen LogP contribution in [0.15, 0.2) is 45.6 Å². The van der Waals surface area contributed by atoms with Gasteiger partial charge in [0.2, 0.25) is 0 Å². The van der Waals surface area contributed by atoms with E-state index in [1.165, 1.54) is 0 Å². The van der Waals surface area contributed by atoms with Gasteiger partial charge in [0.05, 0.1) is 26.3 Å². The zero-order valence-corrected chi connectivity index (χ0v) is 16.3. The van der Waals surface area contributed by atoms with Crippen LogP contribution in [0.4, 0.5) is 5.69 Å². The number of ether oxygens (including phenoxy) is 3. The number of hydrogen-bond donors (Lipinski definition) is 0. The highest BCUT2D eigenvalue weighted by Gasteiger charge is 2.23. The van der Waals surface area contributed by atoms with E-state index in [4.69, 9.17) is 18.6 Å². The van der Waals surface area contributed by atoms with Gasteiger partial charge < -0.3 is 23.5 Å². The fourth-order valence-corrected chi connectivity index (χ4v) is 3.62. The topological polar surface area (TPSA) is 61.1 Å². The molecule has 146 valence electrons. The fourth-order valence-electron chi connectivity index (χ4n) is 3.62. The molecule has 4 rings (SSSR count). The lowest BCUT2D eigenvalue weighted by Gasteiger charge is -2.31. The molecule has 0 N–H and O–H groups in total. The van der Waals surface area contributed by atoms with Crippen LogP contribution in [0.3, 0.4) is 0 Å². The Hall–Kier alpha value is -3.15. The fraction of sp³-hybridized carbons (Fsp3) is 0.318. The second-order valence-corrected chi connectivity index (χ2v) is 6.80. The number of anilines is 1. The van der Waals surface area contributed by atoms with Crippen LogP contribution in [0.2, 0.25) is 0 Å². The van der Waals surface area contributed by atoms with Crippen molar-refractivity contribution < 1.29 is 18.6 Å². The van der Waals surface area contributed by atoms with Crippen molar-refractivity contribution in [3.8, 4) is 17.2 Å². The first-order valence-electron chi connectivity index (χ1n) is 9.32. The average molecular weight is 381 g/mol. The van der Waals surface area contributed by atoms with Crippen molar-refractivity contribution in [2.24, 2.45) is 0 Å². The summed E-state index contributed by atoms with van der Waals surface area (Å²) < 4.78 is 22.3. The van der Waals surface area contributed by atoms with Gasteiger partial charge in [-0.05, 0) is 24.1 Å². The molecule has 0 atom stereocenters. The van der Waals surface area contributed by atoms with Crippen LogP contribution < -0.4 is 24.7 Å². The maximum absolute atomic E-state index is 12.1. The van der Waals surface area contributed by atoms with Crippen LogP contribution in [-0.4, -0.2) is 21.0 Å². The maximum Gasteiger partial charge on any atom is 0.336 e. The molecular formula is C22H23NO5. The summed E-state index contributed by atoms with van der Waals surface area (Å²) in [5.74, 6) is 2.15. The highest BCUT2D eigenvalue weighted by atomic mass is 16.5. The molecule has 1 aliphatic rings. The Morgan fingerprint density at radius 1 is 1.07 bits per heavy atom. The third-order valence-corrected chi connectivity index (χ3v) is 5.00. The SMILES string of the molecule is CCCc1cc(=O)oc2c3c(ccc12)OCN(c1cc(OC)cc(OC)c1)C3. The third-order valence-electron chi connectivity index (χ3n) is 5.00. The van der Waals surface area contributed by atoms with E-state index in [1.54, 1.807) is 20.3 Å². The number of aryl methyl sites for hydroxylation is 1. The normalized spacial score (nSPS) is 13.2. The zero-order chi connectivity index (χ0) is 19.7. The first-order chi connectivity index (χ1) is 13.6. The van der Waals surface area contributed by atoms with E-state index in [9.17, 15) is 4.79 Å². The Morgan fingerprint density at radius 3 is 2.50 bits per heavy atom. The number of nitrogens with zero attached hydrogens (tertiary/aromatic N) is 1. The van der Waals surface area contributed by atoms with Crippen LogP contribution >= 0.6 is 0 Å². The Morgan fingerprint density at radius 2 is 1.82 bits per heavy atom. The van der Waals surface area contributed by atoms with Gasteiger partial charge in [0.25, 0.3) is 0 Å². The predicted octanol–water partition coefficient (Wildman–Crippen LogP) is 4.12. The van der Waals surface area contributed by atoms with Gasteiger partial charge in [-0.25, -0.2) is 4.79 Å². The van der Waals surface area contributed by atoms with Crippen LogP contribution in [0.25, 0.3) is 11.0 Å². The number of fused-ring (bicyclic) bond motifs is 3. The summed E-state index contributed by atoms with van der Waals surface area (Å²) in [6, 6.07) is 11.2. The van der Waals surface area contributed by atoms with Crippen molar-refractivity contribution in [1.82, 2.24) is 0 Å². The van der Waals surface area contributed by atoms with Gasteiger partial charge in [0.15, 0.2) is 6.73 Å². The highest BCUT2D eigenvalue weighted by Crippen LogP contribution is 2.36. The summed E-state index contributed by atoms with van der Waals surface area (Å²) in [5.41, 5.74) is 3.07. The predicted molar refractivity (Wildman–Crippen MR) is 108 cm³/mol. The molecule has 6 heteroatoms. The zero-order valence-electron chi connectivity index (χ0n) is 16.3. The van der Waals surface area contributed by atoms with E-state index in [0.717, 1.165) is 40.8 Å². The molecule has 0 amide bonds. The van der Waals surface area contributed by atoms with Crippen LogP contribution in [-0.2, 0) is 13.0 Å². The van der Waals surface area contributed by atoms with Crippen molar-refractivity contribution in [1.29, 1.82) is 0 Å². The summed E-state index contributed by atoms with van der Waals surface area (Å²) in [6.07, 6.45) is 1.79. The summed E-state index contributed by atoms with van der Waals surface area (Å²) in [5, 5.41) is 0.967. The molecule has 2 aromatic carbocycles. The molecule has 1 aliphatic heterocycles. The molecule has 0 unspecified atom stereocenters. The lowest BCUT2D eigenvalue weighted by Crippen LogP contribution is -2.32. The van der Waals surface area contributed by atoms with E-state index in [1.807, 2.05) is 30.3 Å². The lowest BCUT2D eigenvalue weighted by molar-refractivity contribution is 0.288. The lowest BCUT2D eigenvalue weighted by atomic mass is 10.0. The Bertz CT molecular complexity index is 1050. The van der Waals surface area contributed by atoms with E-state index in [2.05, 4.69) is 11.8 Å². The molecule has 2 heterocycles. The van der Waals surface area contributed by atoms with Crippen LogP contribution in [0, 0.1) is 0 Å². The number of methoxy groups -OCH3 is 2. The minimum Gasteiger partial charge on any atom is -0.497 e. The van der Waals surface area contributed by atoms with Gasteiger partial charge in [-0.15, -0.1) is 0 Å². The molecule has 0 saturated carbocycles. The molecule has 1 aromatic heterocycles. The third kappa shape index (κ3) is 3.26. The van der Waals surface area contributed by atoms with Gasteiger partial charge in [0.1, 0.15) is 22.8 Å². The maximum atomic E-state index is 12.1. The van der Waals surface area contributed by atoms with E-state index >= 15 is 0 Å². The van der Waals surface area contributed by atoms with E-state index in [0.29, 0.717) is 30.4 Å². The second-order valence-electron chi connectivity index (χ2n) is 6.80. The molecule has 6 nitrogen and oxygen atoms in total. The monoisotopic (exact) mass is 381 g/mol. The molecule has 0 spiro atoms. The number of rotatable bonds is 5. The van der Waals surface area contributed by atoms with Crippen molar-refractivity contribution >= 4 is 16.7 Å². The van der Waals surface area contributed by atoms with Gasteiger partial charge in [-0.3, -0.25) is 0 Å². The summed E-state index contributed by atoms with van der Waals surface area (Å²) in [6.45, 7) is 3.04. The summed E-state index contributed by atoms with van der Waals surface area (Å²) >= 11 is 0. The minimum absolute atomic E-state index is 0.329. The highest BCUT2D eigenvalue weighted by molar-refractivity contribution is 5.85. The van der Waals surface area contributed by atoms with Crippen molar-refractivity contribution in [3.63, 3.8) is 0 Å². The Balaban J connectivity index is 1.79. The van der Waals surface area contributed by atoms with Crippen LogP contribution in [0.1, 0.15) is 24.5 Å². The molecule has 0 radical (unpaired) electrons. The average Bonchev–Trinajstić information content (AvgIpc) is 2.73. The smallest absolute Gasteiger partial charge is 0.336 e. The number of benzene rings is 2. The second kappa shape index (κ2) is 7.46. The molecule has 0 fully saturated rings. The standard InChI is InChI=1S/C22H23NO5/c1-4-5-14-8-21(24)28-22-18(14)6-7-20-19(22)12-23(13-27-20)15-9-16(25-2)11-17(10-15)26-3/h6-11H,4-5,12-13H2,1-3H3. The van der Waals surface area contributed by atoms with Gasteiger partial charge in [-0.2, -0.15) is 0 Å². The minimum atomic E-state index is -0.329. The first-order valence-corrected chi connectivity index (χ1v) is 9.32. The summed E-state index contributed by atoms with van der Waals surface area (Å²) in [4.78, 5) is 14.2. The molecule has 3 aromatic rings.